The van der Waals surface area contributed by atoms with Crippen molar-refractivity contribution in [2.24, 2.45) is 23.7 Å². The van der Waals surface area contributed by atoms with Crippen LogP contribution in [-0.2, 0) is 14.4 Å². The first-order valence-electron chi connectivity index (χ1n) is 8.93. The third-order valence-corrected chi connectivity index (χ3v) is 6.22. The van der Waals surface area contributed by atoms with Gasteiger partial charge in [0.2, 0.25) is 11.8 Å². The van der Waals surface area contributed by atoms with Crippen molar-refractivity contribution in [1.82, 2.24) is 10.4 Å². The van der Waals surface area contributed by atoms with E-state index in [9.17, 15) is 9.59 Å². The molecular formula is C20H20N2O4. The fraction of sp³-hybridized carbons (Fsp3) is 0.400. The Hall–Kier alpha value is -2.60. The van der Waals surface area contributed by atoms with Crippen molar-refractivity contribution in [2.45, 2.75) is 12.5 Å². The molecule has 1 aromatic carbocycles. The van der Waals surface area contributed by atoms with Crippen molar-refractivity contribution in [1.29, 1.82) is 0 Å². The van der Waals surface area contributed by atoms with Crippen LogP contribution in [0.5, 0.6) is 5.75 Å². The number of imide groups is 1. The van der Waals surface area contributed by atoms with Gasteiger partial charge in [-0.3, -0.25) is 24.8 Å². The molecule has 1 aromatic rings. The number of carbonyl (C=O) groups is 2. The van der Waals surface area contributed by atoms with Gasteiger partial charge in [0.25, 0.3) is 0 Å². The zero-order chi connectivity index (χ0) is 18.0. The van der Waals surface area contributed by atoms with Gasteiger partial charge >= 0.3 is 0 Å². The normalized spacial score (nSPS) is 34.2. The molecule has 2 heterocycles. The number of nitrogens with one attached hydrogen (secondary N) is 1. The average molecular weight is 352 g/mol. The summed E-state index contributed by atoms with van der Waals surface area (Å²) >= 11 is 0. The summed E-state index contributed by atoms with van der Waals surface area (Å²) in [4.78, 5) is 32.2. The predicted molar refractivity (Wildman–Crippen MR) is 93.4 cm³/mol. The first-order valence-corrected chi connectivity index (χ1v) is 8.93. The molecule has 0 radical (unpaired) electrons. The molecule has 134 valence electrons. The average Bonchev–Trinajstić information content (AvgIpc) is 3.38. The fourth-order valence-corrected chi connectivity index (χ4v) is 5.15. The van der Waals surface area contributed by atoms with E-state index in [0.717, 1.165) is 29.0 Å². The molecule has 6 heteroatoms. The van der Waals surface area contributed by atoms with E-state index < -0.39 is 0 Å². The SMILES string of the molecule is C=CCOc1ccc(C2=C3[C@@H]4C[C@@H]([C@H]5C(=O)N(C)C(=O)[C@H]54)[C@H]3ON2)cc1. The number of hydroxylamine groups is 1. The van der Waals surface area contributed by atoms with Gasteiger partial charge in [-0.25, -0.2) is 0 Å². The molecule has 0 aromatic heterocycles. The second-order valence-electron chi connectivity index (χ2n) is 7.39. The fourth-order valence-electron chi connectivity index (χ4n) is 5.15. The molecule has 4 aliphatic rings. The van der Waals surface area contributed by atoms with Crippen LogP contribution in [0.15, 0.2) is 42.5 Å². The quantitative estimate of drug-likeness (QED) is 0.660. The second-order valence-corrected chi connectivity index (χ2v) is 7.39. The molecule has 5 rings (SSSR count). The van der Waals surface area contributed by atoms with E-state index in [0.29, 0.717) is 6.61 Å². The molecule has 2 aliphatic carbocycles. The van der Waals surface area contributed by atoms with Gasteiger partial charge in [0.15, 0.2) is 0 Å². The lowest BCUT2D eigenvalue weighted by Crippen LogP contribution is -2.35. The van der Waals surface area contributed by atoms with Crippen LogP contribution in [0.1, 0.15) is 12.0 Å². The van der Waals surface area contributed by atoms with Crippen molar-refractivity contribution in [3.63, 3.8) is 0 Å². The molecule has 2 bridgehead atoms. The molecule has 3 fully saturated rings. The van der Waals surface area contributed by atoms with E-state index in [-0.39, 0.29) is 41.6 Å². The smallest absolute Gasteiger partial charge is 0.233 e. The maximum atomic E-state index is 12.6. The molecule has 6 nitrogen and oxygen atoms in total. The number of hydrogen-bond acceptors (Lipinski definition) is 5. The molecule has 5 atom stereocenters. The summed E-state index contributed by atoms with van der Waals surface area (Å²) in [5, 5.41) is 0. The third kappa shape index (κ3) is 1.90. The lowest BCUT2D eigenvalue weighted by atomic mass is 9.76. The summed E-state index contributed by atoms with van der Waals surface area (Å²) in [7, 11) is 1.59. The van der Waals surface area contributed by atoms with Crippen molar-refractivity contribution in [3.05, 3.63) is 48.1 Å². The number of hydrogen-bond donors (Lipinski definition) is 1. The Balaban J connectivity index is 1.49. The molecule has 2 saturated carbocycles. The number of ether oxygens (including phenoxy) is 1. The first-order chi connectivity index (χ1) is 12.6. The Kier molecular flexibility index (Phi) is 3.28. The van der Waals surface area contributed by atoms with E-state index in [1.807, 2.05) is 24.3 Å². The number of likely N-dealkylation sites (tertiary alicyclic amines) is 1. The Labute approximate surface area is 151 Å². The summed E-state index contributed by atoms with van der Waals surface area (Å²) in [6, 6.07) is 7.79. The number of amides is 2. The van der Waals surface area contributed by atoms with Gasteiger partial charge in [0.05, 0.1) is 17.5 Å². The number of rotatable bonds is 4. The third-order valence-electron chi connectivity index (χ3n) is 6.22. The van der Waals surface area contributed by atoms with Crippen LogP contribution in [0.3, 0.4) is 0 Å². The van der Waals surface area contributed by atoms with Gasteiger partial charge < -0.3 is 4.74 Å². The molecular weight excluding hydrogens is 332 g/mol. The standard InChI is InChI=1S/C20H20N2O4/c1-3-8-25-11-6-4-10(5-7-11)17-16-12-9-13(18(16)26-21-17)15-14(12)19(23)22(2)20(15)24/h3-7,12-15,18,21H,1,8-9H2,2H3/t12-,13+,14+,15-,18-/m1/s1. The summed E-state index contributed by atoms with van der Waals surface area (Å²) < 4.78 is 5.53. The number of fused-ring (bicyclic) bond motifs is 8. The maximum absolute atomic E-state index is 12.6. The molecule has 1 N–H and O–H groups in total. The van der Waals surface area contributed by atoms with Crippen LogP contribution in [0, 0.1) is 23.7 Å². The van der Waals surface area contributed by atoms with Gasteiger partial charge in [-0.05, 0) is 42.2 Å². The highest BCUT2D eigenvalue weighted by Gasteiger charge is 2.67. The minimum absolute atomic E-state index is 0.0436. The number of nitrogens with zero attached hydrogens (tertiary/aromatic N) is 1. The van der Waals surface area contributed by atoms with Crippen LogP contribution < -0.4 is 10.2 Å². The van der Waals surface area contributed by atoms with Crippen molar-refractivity contribution >= 4 is 17.5 Å². The minimum atomic E-state index is -0.225. The molecule has 0 spiro atoms. The van der Waals surface area contributed by atoms with Crippen molar-refractivity contribution < 1.29 is 19.2 Å². The van der Waals surface area contributed by atoms with E-state index in [1.165, 1.54) is 4.90 Å². The van der Waals surface area contributed by atoms with Crippen LogP contribution in [0.25, 0.3) is 5.70 Å². The molecule has 1 saturated heterocycles. The largest absolute Gasteiger partial charge is 0.490 e. The lowest BCUT2D eigenvalue weighted by molar-refractivity contribution is -0.139. The van der Waals surface area contributed by atoms with Gasteiger partial charge in [-0.2, -0.15) is 0 Å². The summed E-state index contributed by atoms with van der Waals surface area (Å²) in [5.74, 6) is 0.408. The highest BCUT2D eigenvalue weighted by Crippen LogP contribution is 2.61. The van der Waals surface area contributed by atoms with Crippen molar-refractivity contribution in [2.75, 3.05) is 13.7 Å². The monoisotopic (exact) mass is 352 g/mol. The first kappa shape index (κ1) is 15.6. The highest BCUT2D eigenvalue weighted by molar-refractivity contribution is 6.06. The predicted octanol–water partition coefficient (Wildman–Crippen LogP) is 1.75. The molecule has 26 heavy (non-hydrogen) atoms. The Bertz CT molecular complexity index is 844. The molecule has 2 aliphatic heterocycles. The molecule has 2 amide bonds. The summed E-state index contributed by atoms with van der Waals surface area (Å²) in [6.45, 7) is 4.11. The van der Waals surface area contributed by atoms with Crippen LogP contribution in [0.2, 0.25) is 0 Å². The molecule has 0 unspecified atom stereocenters. The van der Waals surface area contributed by atoms with E-state index in [4.69, 9.17) is 9.57 Å². The minimum Gasteiger partial charge on any atom is -0.490 e. The van der Waals surface area contributed by atoms with Crippen LogP contribution in [-0.4, -0.2) is 36.5 Å². The number of carbonyl (C=O) groups excluding carboxylic acids is 2. The zero-order valence-corrected chi connectivity index (χ0v) is 14.5. The maximum Gasteiger partial charge on any atom is 0.233 e. The summed E-state index contributed by atoms with van der Waals surface area (Å²) in [6.07, 6.45) is 2.45. The Morgan fingerprint density at radius 1 is 1.27 bits per heavy atom. The second kappa shape index (κ2) is 5.45. The van der Waals surface area contributed by atoms with E-state index >= 15 is 0 Å². The van der Waals surface area contributed by atoms with Crippen LogP contribution in [0.4, 0.5) is 0 Å². The van der Waals surface area contributed by atoms with Gasteiger partial charge in [-0.1, -0.05) is 12.7 Å². The van der Waals surface area contributed by atoms with E-state index in [2.05, 4.69) is 12.1 Å². The van der Waals surface area contributed by atoms with Crippen molar-refractivity contribution in [3.8, 4) is 5.75 Å². The Morgan fingerprint density at radius 2 is 2.00 bits per heavy atom. The van der Waals surface area contributed by atoms with Gasteiger partial charge in [0.1, 0.15) is 18.5 Å². The van der Waals surface area contributed by atoms with Gasteiger partial charge in [-0.15, -0.1) is 0 Å². The van der Waals surface area contributed by atoms with Crippen LogP contribution >= 0.6 is 0 Å². The number of benzene rings is 1. The zero-order valence-electron chi connectivity index (χ0n) is 14.5. The van der Waals surface area contributed by atoms with E-state index in [1.54, 1.807) is 13.1 Å². The Morgan fingerprint density at radius 3 is 2.73 bits per heavy atom. The topological polar surface area (TPSA) is 67.9 Å². The lowest BCUT2D eigenvalue weighted by Gasteiger charge is -2.26. The highest BCUT2D eigenvalue weighted by atomic mass is 16.7. The van der Waals surface area contributed by atoms with Gasteiger partial charge in [0, 0.05) is 18.5 Å². The summed E-state index contributed by atoms with van der Waals surface area (Å²) in [5.41, 5.74) is 6.14.